The van der Waals surface area contributed by atoms with E-state index in [4.69, 9.17) is 11.6 Å². The lowest BCUT2D eigenvalue weighted by Gasteiger charge is -2.10. The number of amides is 1. The molecule has 0 saturated heterocycles. The van der Waals surface area contributed by atoms with Gasteiger partial charge in [0, 0.05) is 16.6 Å². The van der Waals surface area contributed by atoms with Gasteiger partial charge in [-0.05, 0) is 36.4 Å². The second kappa shape index (κ2) is 6.29. The van der Waals surface area contributed by atoms with E-state index < -0.39 is 0 Å². The molecule has 8 heteroatoms. The molecule has 3 aromatic heterocycles. The maximum Gasteiger partial charge on any atom is 0.270 e. The SMILES string of the molecule is O=C(Nn1cnnc1)c1cc(-c2ccccn2)nc2ccc(Cl)cc12. The highest BCUT2D eigenvalue weighted by Gasteiger charge is 2.15. The summed E-state index contributed by atoms with van der Waals surface area (Å²) in [6, 6.07) is 12.5. The van der Waals surface area contributed by atoms with Gasteiger partial charge in [-0.15, -0.1) is 10.2 Å². The lowest BCUT2D eigenvalue weighted by atomic mass is 10.1. The first kappa shape index (κ1) is 15.2. The van der Waals surface area contributed by atoms with E-state index in [9.17, 15) is 4.79 Å². The minimum Gasteiger partial charge on any atom is -0.267 e. The number of aromatic nitrogens is 5. The summed E-state index contributed by atoms with van der Waals surface area (Å²) in [6.45, 7) is 0. The molecule has 0 fully saturated rings. The standard InChI is InChI=1S/C17H11ClN6O/c18-11-4-5-14-12(7-11)13(17(25)23-24-9-20-21-10-24)8-16(22-14)15-3-1-2-6-19-15/h1-10H,(H,23,25). The lowest BCUT2D eigenvalue weighted by Crippen LogP contribution is -2.22. The zero-order valence-corrected chi connectivity index (χ0v) is 13.6. The molecule has 0 aliphatic heterocycles. The van der Waals surface area contributed by atoms with E-state index in [-0.39, 0.29) is 5.91 Å². The van der Waals surface area contributed by atoms with Crippen LogP contribution in [0, 0.1) is 0 Å². The third-order valence-corrected chi connectivity index (χ3v) is 3.83. The van der Waals surface area contributed by atoms with Crippen molar-refractivity contribution >= 4 is 28.4 Å². The monoisotopic (exact) mass is 350 g/mol. The maximum atomic E-state index is 12.7. The van der Waals surface area contributed by atoms with Gasteiger partial charge in [0.25, 0.3) is 5.91 Å². The minimum atomic E-state index is -0.327. The third-order valence-electron chi connectivity index (χ3n) is 3.59. The summed E-state index contributed by atoms with van der Waals surface area (Å²) in [5, 5.41) is 8.51. The van der Waals surface area contributed by atoms with Crippen molar-refractivity contribution in [3.05, 3.63) is 71.9 Å². The molecule has 25 heavy (non-hydrogen) atoms. The molecule has 0 aliphatic rings. The molecule has 0 atom stereocenters. The van der Waals surface area contributed by atoms with E-state index in [0.717, 1.165) is 0 Å². The Morgan fingerprint density at radius 2 is 1.88 bits per heavy atom. The van der Waals surface area contributed by atoms with Crippen molar-refractivity contribution in [3.63, 3.8) is 0 Å². The molecule has 1 aromatic carbocycles. The van der Waals surface area contributed by atoms with E-state index in [1.54, 1.807) is 30.5 Å². The number of nitrogens with one attached hydrogen (secondary N) is 1. The molecule has 4 rings (SSSR count). The number of nitrogens with zero attached hydrogens (tertiary/aromatic N) is 5. The topological polar surface area (TPSA) is 85.6 Å². The van der Waals surface area contributed by atoms with E-state index in [1.165, 1.54) is 17.3 Å². The zero-order valence-electron chi connectivity index (χ0n) is 12.8. The predicted octanol–water partition coefficient (Wildman–Crippen LogP) is 2.93. The van der Waals surface area contributed by atoms with E-state index in [1.807, 2.05) is 18.2 Å². The van der Waals surface area contributed by atoms with Gasteiger partial charge in [-0.2, -0.15) is 0 Å². The van der Waals surface area contributed by atoms with E-state index in [2.05, 4.69) is 25.6 Å². The van der Waals surface area contributed by atoms with Crippen molar-refractivity contribution < 1.29 is 4.79 Å². The van der Waals surface area contributed by atoms with Crippen LogP contribution in [0.15, 0.2) is 61.3 Å². The van der Waals surface area contributed by atoms with Crippen molar-refractivity contribution in [2.75, 3.05) is 5.43 Å². The normalized spacial score (nSPS) is 10.8. The highest BCUT2D eigenvalue weighted by atomic mass is 35.5. The molecular formula is C17H11ClN6O. The molecule has 7 nitrogen and oxygen atoms in total. The van der Waals surface area contributed by atoms with Gasteiger partial charge in [-0.3, -0.25) is 15.2 Å². The Kier molecular flexibility index (Phi) is 3.83. The van der Waals surface area contributed by atoms with Gasteiger partial charge < -0.3 is 0 Å². The smallest absolute Gasteiger partial charge is 0.267 e. The van der Waals surface area contributed by atoms with Crippen LogP contribution in [0.1, 0.15) is 10.4 Å². The van der Waals surface area contributed by atoms with Crippen LogP contribution in [0.5, 0.6) is 0 Å². The fourth-order valence-electron chi connectivity index (χ4n) is 2.47. The van der Waals surface area contributed by atoms with Crippen LogP contribution in [-0.2, 0) is 0 Å². The van der Waals surface area contributed by atoms with Gasteiger partial charge in [0.2, 0.25) is 0 Å². The first-order valence-corrected chi connectivity index (χ1v) is 7.76. The number of benzene rings is 1. The molecule has 1 amide bonds. The van der Waals surface area contributed by atoms with E-state index in [0.29, 0.717) is 32.9 Å². The highest BCUT2D eigenvalue weighted by molar-refractivity contribution is 6.31. The van der Waals surface area contributed by atoms with Crippen LogP contribution in [0.3, 0.4) is 0 Å². The first-order valence-electron chi connectivity index (χ1n) is 7.38. The number of pyridine rings is 2. The summed E-state index contributed by atoms with van der Waals surface area (Å²) >= 11 is 6.10. The van der Waals surface area contributed by atoms with Crippen LogP contribution in [0.25, 0.3) is 22.3 Å². The minimum absolute atomic E-state index is 0.327. The molecular weight excluding hydrogens is 340 g/mol. The molecule has 122 valence electrons. The van der Waals surface area contributed by atoms with Gasteiger partial charge >= 0.3 is 0 Å². The summed E-state index contributed by atoms with van der Waals surface area (Å²) in [7, 11) is 0. The Labute approximate surface area is 147 Å². The van der Waals surface area contributed by atoms with Crippen molar-refractivity contribution in [3.8, 4) is 11.4 Å². The maximum absolute atomic E-state index is 12.7. The quantitative estimate of drug-likeness (QED) is 0.614. The first-order chi connectivity index (χ1) is 12.2. The Hall–Kier alpha value is -3.32. The predicted molar refractivity (Wildman–Crippen MR) is 93.7 cm³/mol. The second-order valence-corrected chi connectivity index (χ2v) is 5.68. The number of rotatable bonds is 3. The highest BCUT2D eigenvalue weighted by Crippen LogP contribution is 2.26. The van der Waals surface area contributed by atoms with Crippen LogP contribution in [-0.4, -0.2) is 30.7 Å². The summed E-state index contributed by atoms with van der Waals surface area (Å²) in [5.41, 5.74) is 5.06. The van der Waals surface area contributed by atoms with Crippen molar-refractivity contribution in [2.45, 2.75) is 0 Å². The number of carbonyl (C=O) groups excluding carboxylic acids is 1. The molecule has 0 spiro atoms. The second-order valence-electron chi connectivity index (χ2n) is 5.24. The Morgan fingerprint density at radius 1 is 1.04 bits per heavy atom. The van der Waals surface area contributed by atoms with Gasteiger partial charge in [0.05, 0.1) is 22.5 Å². The number of hydrogen-bond acceptors (Lipinski definition) is 5. The summed E-state index contributed by atoms with van der Waals surface area (Å²) in [4.78, 5) is 21.6. The van der Waals surface area contributed by atoms with Crippen LogP contribution >= 0.6 is 11.6 Å². The Bertz CT molecular complexity index is 1050. The summed E-state index contributed by atoms with van der Waals surface area (Å²) in [6.07, 6.45) is 4.47. The van der Waals surface area contributed by atoms with Crippen LogP contribution in [0.2, 0.25) is 5.02 Å². The molecule has 4 aromatic rings. The molecule has 0 saturated carbocycles. The van der Waals surface area contributed by atoms with Crippen molar-refractivity contribution in [1.29, 1.82) is 0 Å². The zero-order chi connectivity index (χ0) is 17.2. The van der Waals surface area contributed by atoms with Crippen molar-refractivity contribution in [1.82, 2.24) is 24.8 Å². The molecule has 0 unspecified atom stereocenters. The Morgan fingerprint density at radius 3 is 2.64 bits per heavy atom. The molecule has 0 aliphatic carbocycles. The average Bonchev–Trinajstić information content (AvgIpc) is 3.14. The van der Waals surface area contributed by atoms with Crippen LogP contribution < -0.4 is 5.43 Å². The number of carbonyl (C=O) groups is 1. The number of hydrogen-bond donors (Lipinski definition) is 1. The molecule has 0 bridgehead atoms. The van der Waals surface area contributed by atoms with E-state index >= 15 is 0 Å². The van der Waals surface area contributed by atoms with Crippen LogP contribution in [0.4, 0.5) is 0 Å². The molecule has 0 radical (unpaired) electrons. The Balaban J connectivity index is 1.87. The van der Waals surface area contributed by atoms with Gasteiger partial charge in [-0.1, -0.05) is 17.7 Å². The summed E-state index contributed by atoms with van der Waals surface area (Å²) < 4.78 is 1.37. The molecule has 3 heterocycles. The fraction of sp³-hybridized carbons (Fsp3) is 0. The average molecular weight is 351 g/mol. The number of halogens is 1. The van der Waals surface area contributed by atoms with Gasteiger partial charge in [0.1, 0.15) is 12.7 Å². The van der Waals surface area contributed by atoms with Gasteiger partial charge in [0.15, 0.2) is 0 Å². The summed E-state index contributed by atoms with van der Waals surface area (Å²) in [5.74, 6) is -0.327. The lowest BCUT2D eigenvalue weighted by molar-refractivity contribution is 0.101. The van der Waals surface area contributed by atoms with Gasteiger partial charge in [-0.25, -0.2) is 9.66 Å². The largest absolute Gasteiger partial charge is 0.270 e. The number of fused-ring (bicyclic) bond motifs is 1. The molecule has 1 N–H and O–H groups in total. The fourth-order valence-corrected chi connectivity index (χ4v) is 2.64. The van der Waals surface area contributed by atoms with Crippen molar-refractivity contribution in [2.24, 2.45) is 0 Å². The third kappa shape index (κ3) is 3.05.